The van der Waals surface area contributed by atoms with Crippen LogP contribution >= 0.6 is 0 Å². The molecule has 1 aliphatic rings. The van der Waals surface area contributed by atoms with Crippen LogP contribution in [0.2, 0.25) is 0 Å². The van der Waals surface area contributed by atoms with Gasteiger partial charge in [-0.3, -0.25) is 9.79 Å². The van der Waals surface area contributed by atoms with Gasteiger partial charge in [0.2, 0.25) is 0 Å². The molecule has 1 aromatic heterocycles. The van der Waals surface area contributed by atoms with Crippen LogP contribution in [0.5, 0.6) is 0 Å². The molecule has 0 atom stereocenters. The van der Waals surface area contributed by atoms with Crippen molar-refractivity contribution < 1.29 is 13.9 Å². The molecule has 1 saturated heterocycles. The smallest absolute Gasteiger partial charge is 0.289 e. The van der Waals surface area contributed by atoms with Gasteiger partial charge >= 0.3 is 0 Å². The molecule has 0 saturated carbocycles. The lowest BCUT2D eigenvalue weighted by Gasteiger charge is -2.36. The van der Waals surface area contributed by atoms with Gasteiger partial charge in [0.25, 0.3) is 5.91 Å². The molecule has 0 aromatic carbocycles. The Balaban J connectivity index is 1.76. The maximum Gasteiger partial charge on any atom is 0.289 e. The zero-order valence-corrected chi connectivity index (χ0v) is 16.1. The fourth-order valence-electron chi connectivity index (χ4n) is 2.80. The van der Waals surface area contributed by atoms with Crippen LogP contribution in [0.15, 0.2) is 27.8 Å². The molecule has 2 rings (SSSR count). The van der Waals surface area contributed by atoms with Crippen LogP contribution in [0.1, 0.15) is 43.7 Å². The second kappa shape index (κ2) is 11.6. The molecule has 0 aliphatic carbocycles. The summed E-state index contributed by atoms with van der Waals surface area (Å²) in [5.41, 5.74) is 0. The normalized spacial score (nSPS) is 15.4. The van der Waals surface area contributed by atoms with Gasteiger partial charge in [-0.2, -0.15) is 0 Å². The van der Waals surface area contributed by atoms with Crippen molar-refractivity contribution in [1.29, 1.82) is 0 Å². The van der Waals surface area contributed by atoms with Gasteiger partial charge < -0.3 is 24.3 Å². The second-order valence-corrected chi connectivity index (χ2v) is 6.31. The van der Waals surface area contributed by atoms with E-state index in [0.29, 0.717) is 18.8 Å². The first-order chi connectivity index (χ1) is 12.8. The number of carbonyl (C=O) groups is 1. The third-order valence-electron chi connectivity index (χ3n) is 4.28. The third kappa shape index (κ3) is 6.37. The minimum atomic E-state index is -0.0409. The highest BCUT2D eigenvalue weighted by atomic mass is 16.5. The molecule has 1 fully saturated rings. The molecule has 7 heteroatoms. The molecule has 26 heavy (non-hydrogen) atoms. The van der Waals surface area contributed by atoms with E-state index in [-0.39, 0.29) is 5.91 Å². The molecule has 0 unspecified atom stereocenters. The van der Waals surface area contributed by atoms with Crippen molar-refractivity contribution in [2.45, 2.75) is 33.1 Å². The van der Waals surface area contributed by atoms with Gasteiger partial charge in [0, 0.05) is 52.5 Å². The fourth-order valence-corrected chi connectivity index (χ4v) is 2.80. The minimum Gasteiger partial charge on any atom is -0.459 e. The predicted octanol–water partition coefficient (Wildman–Crippen LogP) is 2.21. The van der Waals surface area contributed by atoms with Crippen LogP contribution in [-0.2, 0) is 4.74 Å². The number of ether oxygens (including phenoxy) is 1. The lowest BCUT2D eigenvalue weighted by Crippen LogP contribution is -2.53. The number of nitrogens with zero attached hydrogens (tertiary/aromatic N) is 3. The quantitative estimate of drug-likeness (QED) is 0.413. The van der Waals surface area contributed by atoms with E-state index in [9.17, 15) is 4.79 Å². The number of guanidine groups is 1. The van der Waals surface area contributed by atoms with Crippen LogP contribution in [0.25, 0.3) is 0 Å². The fraction of sp³-hybridized carbons (Fsp3) is 0.684. The SMILES string of the molecule is CCCCOCCCN=C(NCC)N1CCN(C(=O)c2ccco2)CC1. The largest absolute Gasteiger partial charge is 0.459 e. The van der Waals surface area contributed by atoms with Gasteiger partial charge in [-0.1, -0.05) is 13.3 Å². The number of amides is 1. The van der Waals surface area contributed by atoms with Crippen LogP contribution in [-0.4, -0.2) is 74.1 Å². The van der Waals surface area contributed by atoms with Gasteiger partial charge in [0.15, 0.2) is 11.7 Å². The number of furan rings is 1. The Morgan fingerprint density at radius 2 is 1.92 bits per heavy atom. The van der Waals surface area contributed by atoms with Crippen molar-refractivity contribution >= 4 is 11.9 Å². The summed E-state index contributed by atoms with van der Waals surface area (Å²) in [6.45, 7) is 10.3. The number of hydrogen-bond donors (Lipinski definition) is 1. The number of aliphatic imine (C=N–C) groups is 1. The van der Waals surface area contributed by atoms with E-state index in [1.54, 1.807) is 12.1 Å². The third-order valence-corrected chi connectivity index (χ3v) is 4.28. The summed E-state index contributed by atoms with van der Waals surface area (Å²) in [4.78, 5) is 21.1. The molecular weight excluding hydrogens is 332 g/mol. The maximum atomic E-state index is 12.3. The summed E-state index contributed by atoms with van der Waals surface area (Å²) >= 11 is 0. The van der Waals surface area contributed by atoms with E-state index in [2.05, 4.69) is 24.1 Å². The van der Waals surface area contributed by atoms with Crippen LogP contribution in [0.4, 0.5) is 0 Å². The first-order valence-electron chi connectivity index (χ1n) is 9.70. The van der Waals surface area contributed by atoms with Crippen LogP contribution in [0.3, 0.4) is 0 Å². The zero-order chi connectivity index (χ0) is 18.6. The van der Waals surface area contributed by atoms with E-state index in [0.717, 1.165) is 64.6 Å². The van der Waals surface area contributed by atoms with Gasteiger partial charge in [0.1, 0.15) is 0 Å². The highest BCUT2D eigenvalue weighted by molar-refractivity contribution is 5.91. The van der Waals surface area contributed by atoms with E-state index in [1.165, 1.54) is 6.26 Å². The molecule has 146 valence electrons. The number of nitrogens with one attached hydrogen (secondary N) is 1. The molecular formula is C19H32N4O3. The Morgan fingerprint density at radius 3 is 2.58 bits per heavy atom. The van der Waals surface area contributed by atoms with Crippen molar-refractivity contribution in [3.05, 3.63) is 24.2 Å². The van der Waals surface area contributed by atoms with Crippen LogP contribution in [0, 0.1) is 0 Å². The van der Waals surface area contributed by atoms with Crippen LogP contribution < -0.4 is 5.32 Å². The lowest BCUT2D eigenvalue weighted by molar-refractivity contribution is 0.0657. The van der Waals surface area contributed by atoms with Gasteiger partial charge in [0.05, 0.1) is 6.26 Å². The average molecular weight is 364 g/mol. The standard InChI is InChI=1S/C19H32N4O3/c1-3-5-14-25-15-7-9-21-19(20-4-2)23-12-10-22(11-13-23)18(24)17-8-6-16-26-17/h6,8,16H,3-5,7,9-15H2,1-2H3,(H,20,21). The van der Waals surface area contributed by atoms with E-state index >= 15 is 0 Å². The predicted molar refractivity (Wildman–Crippen MR) is 103 cm³/mol. The Morgan fingerprint density at radius 1 is 1.19 bits per heavy atom. The Labute approximate surface area is 156 Å². The first kappa shape index (κ1) is 20.3. The summed E-state index contributed by atoms with van der Waals surface area (Å²) in [5, 5.41) is 3.35. The summed E-state index contributed by atoms with van der Waals surface area (Å²) in [6.07, 6.45) is 4.74. The number of carbonyl (C=O) groups excluding carboxylic acids is 1. The zero-order valence-electron chi connectivity index (χ0n) is 16.1. The topological polar surface area (TPSA) is 70.3 Å². The summed E-state index contributed by atoms with van der Waals surface area (Å²) < 4.78 is 10.8. The Kier molecular flexibility index (Phi) is 9.03. The van der Waals surface area contributed by atoms with Crippen molar-refractivity contribution in [3.63, 3.8) is 0 Å². The molecule has 1 aliphatic heterocycles. The number of rotatable bonds is 9. The maximum absolute atomic E-state index is 12.3. The van der Waals surface area contributed by atoms with E-state index in [4.69, 9.17) is 14.1 Å². The molecule has 0 bridgehead atoms. The van der Waals surface area contributed by atoms with Crippen molar-refractivity contribution in [2.24, 2.45) is 4.99 Å². The van der Waals surface area contributed by atoms with Crippen molar-refractivity contribution in [2.75, 3.05) is 52.5 Å². The number of piperazine rings is 1. The highest BCUT2D eigenvalue weighted by Gasteiger charge is 2.25. The molecule has 7 nitrogen and oxygen atoms in total. The minimum absolute atomic E-state index is 0.0409. The molecule has 0 spiro atoms. The number of unbranched alkanes of at least 4 members (excludes halogenated alkanes) is 1. The molecule has 1 aromatic rings. The Hall–Kier alpha value is -2.02. The van der Waals surface area contributed by atoms with Crippen molar-refractivity contribution in [3.8, 4) is 0 Å². The average Bonchev–Trinajstić information content (AvgIpc) is 3.21. The summed E-state index contributed by atoms with van der Waals surface area (Å²) in [6, 6.07) is 3.45. The van der Waals surface area contributed by atoms with Gasteiger partial charge in [-0.05, 0) is 31.9 Å². The molecule has 2 heterocycles. The van der Waals surface area contributed by atoms with Crippen molar-refractivity contribution in [1.82, 2.24) is 15.1 Å². The summed E-state index contributed by atoms with van der Waals surface area (Å²) in [5.74, 6) is 1.29. The lowest BCUT2D eigenvalue weighted by atomic mass is 10.3. The van der Waals surface area contributed by atoms with Gasteiger partial charge in [-0.15, -0.1) is 0 Å². The monoisotopic (exact) mass is 364 g/mol. The molecule has 0 radical (unpaired) electrons. The second-order valence-electron chi connectivity index (χ2n) is 6.31. The molecule has 1 amide bonds. The molecule has 1 N–H and O–H groups in total. The summed E-state index contributed by atoms with van der Waals surface area (Å²) in [7, 11) is 0. The number of hydrogen-bond acceptors (Lipinski definition) is 4. The Bertz CT molecular complexity index is 537. The van der Waals surface area contributed by atoms with E-state index in [1.807, 2.05) is 4.90 Å². The van der Waals surface area contributed by atoms with E-state index < -0.39 is 0 Å². The first-order valence-corrected chi connectivity index (χ1v) is 9.70. The highest BCUT2D eigenvalue weighted by Crippen LogP contribution is 2.09. The van der Waals surface area contributed by atoms with Gasteiger partial charge in [-0.25, -0.2) is 0 Å².